The number of halogens is 1. The molecule has 6 heteroatoms. The van der Waals surface area contributed by atoms with Crippen LogP contribution in [0.5, 0.6) is 5.75 Å². The standard InChI is InChI=1S/C26H20FNO4/c1-15-2-9-20(10-3-15)28-23(16-4-7-19(27)8-5-16)22(25(30)26(28)31)24(29)18-6-11-21-17(14-18)12-13-32-21/h2-11,14,23,29H,12-13H2,1H3/b24-22-. The number of ketones is 1. The Kier molecular flexibility index (Phi) is 4.78. The number of Topliss-reactive ketones (excluding diaryl/α,β-unsaturated/α-hetero) is 1. The third-order valence-corrected chi connectivity index (χ3v) is 5.91. The topological polar surface area (TPSA) is 66.8 Å². The smallest absolute Gasteiger partial charge is 0.300 e. The molecule has 3 aromatic rings. The van der Waals surface area contributed by atoms with Crippen molar-refractivity contribution >= 4 is 23.1 Å². The van der Waals surface area contributed by atoms with Crippen molar-refractivity contribution in [1.29, 1.82) is 0 Å². The number of rotatable bonds is 3. The van der Waals surface area contributed by atoms with Gasteiger partial charge < -0.3 is 9.84 Å². The van der Waals surface area contributed by atoms with Crippen molar-refractivity contribution < 1.29 is 23.8 Å². The Morgan fingerprint density at radius 3 is 2.47 bits per heavy atom. The van der Waals surface area contributed by atoms with Crippen molar-refractivity contribution in [2.75, 3.05) is 11.5 Å². The summed E-state index contributed by atoms with van der Waals surface area (Å²) >= 11 is 0. The van der Waals surface area contributed by atoms with Gasteiger partial charge in [0.15, 0.2) is 0 Å². The molecule has 5 rings (SSSR count). The summed E-state index contributed by atoms with van der Waals surface area (Å²) in [6.45, 7) is 2.49. The van der Waals surface area contributed by atoms with Gasteiger partial charge in [-0.25, -0.2) is 4.39 Å². The molecule has 1 fully saturated rings. The molecule has 1 amide bonds. The summed E-state index contributed by atoms with van der Waals surface area (Å²) in [6.07, 6.45) is 0.704. The second kappa shape index (κ2) is 7.64. The monoisotopic (exact) mass is 429 g/mol. The van der Waals surface area contributed by atoms with Gasteiger partial charge in [0.1, 0.15) is 17.3 Å². The van der Waals surface area contributed by atoms with Crippen LogP contribution in [0.3, 0.4) is 0 Å². The Morgan fingerprint density at radius 2 is 1.75 bits per heavy atom. The van der Waals surface area contributed by atoms with E-state index in [0.29, 0.717) is 29.8 Å². The fourth-order valence-corrected chi connectivity index (χ4v) is 4.25. The van der Waals surface area contributed by atoms with Crippen LogP contribution in [0.15, 0.2) is 72.3 Å². The molecule has 5 nitrogen and oxygen atoms in total. The van der Waals surface area contributed by atoms with Crippen molar-refractivity contribution in [1.82, 2.24) is 0 Å². The fraction of sp³-hybridized carbons (Fsp3) is 0.154. The summed E-state index contributed by atoms with van der Waals surface area (Å²) in [5.41, 5.74) is 3.39. The minimum absolute atomic E-state index is 0.0268. The molecule has 1 atom stereocenters. The second-order valence-corrected chi connectivity index (χ2v) is 7.98. The predicted molar refractivity (Wildman–Crippen MR) is 118 cm³/mol. The Balaban J connectivity index is 1.70. The Labute approximate surface area is 184 Å². The summed E-state index contributed by atoms with van der Waals surface area (Å²) < 4.78 is 19.1. The van der Waals surface area contributed by atoms with Crippen LogP contribution in [0, 0.1) is 12.7 Å². The zero-order valence-electron chi connectivity index (χ0n) is 17.3. The molecule has 1 unspecified atom stereocenters. The molecule has 1 N–H and O–H groups in total. The van der Waals surface area contributed by atoms with E-state index in [2.05, 4.69) is 0 Å². The quantitative estimate of drug-likeness (QED) is 0.373. The highest BCUT2D eigenvalue weighted by Gasteiger charge is 2.47. The van der Waals surface area contributed by atoms with Crippen LogP contribution in [0.4, 0.5) is 10.1 Å². The van der Waals surface area contributed by atoms with E-state index in [4.69, 9.17) is 4.74 Å². The number of anilines is 1. The molecule has 32 heavy (non-hydrogen) atoms. The molecule has 0 radical (unpaired) electrons. The average Bonchev–Trinajstić information content (AvgIpc) is 3.37. The third-order valence-electron chi connectivity index (χ3n) is 5.91. The van der Waals surface area contributed by atoms with Gasteiger partial charge in [-0.2, -0.15) is 0 Å². The van der Waals surface area contributed by atoms with Crippen molar-refractivity contribution in [2.45, 2.75) is 19.4 Å². The number of fused-ring (bicyclic) bond motifs is 1. The van der Waals surface area contributed by atoms with E-state index in [9.17, 15) is 19.1 Å². The van der Waals surface area contributed by atoms with E-state index >= 15 is 0 Å². The number of hydrogen-bond acceptors (Lipinski definition) is 4. The second-order valence-electron chi connectivity index (χ2n) is 7.98. The Morgan fingerprint density at radius 1 is 1.03 bits per heavy atom. The van der Waals surface area contributed by atoms with Crippen LogP contribution in [0.2, 0.25) is 0 Å². The number of aliphatic hydroxyl groups is 1. The summed E-state index contributed by atoms with van der Waals surface area (Å²) in [5, 5.41) is 11.2. The highest BCUT2D eigenvalue weighted by atomic mass is 19.1. The van der Waals surface area contributed by atoms with E-state index in [1.165, 1.54) is 29.2 Å². The van der Waals surface area contributed by atoms with Crippen LogP contribution in [-0.4, -0.2) is 23.4 Å². The van der Waals surface area contributed by atoms with Crippen LogP contribution >= 0.6 is 0 Å². The molecule has 0 saturated carbocycles. The van der Waals surface area contributed by atoms with Crippen LogP contribution < -0.4 is 9.64 Å². The summed E-state index contributed by atoms with van der Waals surface area (Å²) in [4.78, 5) is 27.6. The van der Waals surface area contributed by atoms with Gasteiger partial charge in [-0.1, -0.05) is 29.8 Å². The molecule has 160 valence electrons. The van der Waals surface area contributed by atoms with Gasteiger partial charge in [-0.15, -0.1) is 0 Å². The molecular formula is C26H20FNO4. The number of amides is 1. The van der Waals surface area contributed by atoms with Crippen molar-refractivity contribution in [3.8, 4) is 5.75 Å². The first-order chi connectivity index (χ1) is 15.4. The van der Waals surface area contributed by atoms with Gasteiger partial charge in [0.25, 0.3) is 11.7 Å². The molecule has 1 saturated heterocycles. The van der Waals surface area contributed by atoms with Gasteiger partial charge in [-0.05, 0) is 60.5 Å². The molecule has 0 aromatic heterocycles. The van der Waals surface area contributed by atoms with E-state index in [1.807, 2.05) is 19.1 Å². The zero-order valence-corrected chi connectivity index (χ0v) is 17.3. The fourth-order valence-electron chi connectivity index (χ4n) is 4.25. The maximum atomic E-state index is 13.6. The third kappa shape index (κ3) is 3.24. The molecule has 3 aromatic carbocycles. The van der Waals surface area contributed by atoms with E-state index in [-0.39, 0.29) is 11.3 Å². The van der Waals surface area contributed by atoms with E-state index in [1.54, 1.807) is 30.3 Å². The lowest BCUT2D eigenvalue weighted by atomic mass is 9.94. The van der Waals surface area contributed by atoms with Crippen LogP contribution in [0.1, 0.15) is 28.3 Å². The lowest BCUT2D eigenvalue weighted by molar-refractivity contribution is -0.132. The zero-order chi connectivity index (χ0) is 22.4. The lowest BCUT2D eigenvalue weighted by Gasteiger charge is -2.25. The number of aliphatic hydroxyl groups excluding tert-OH is 1. The highest BCUT2D eigenvalue weighted by Crippen LogP contribution is 2.42. The molecule has 0 spiro atoms. The average molecular weight is 429 g/mol. The number of carbonyl (C=O) groups excluding carboxylic acids is 2. The van der Waals surface area contributed by atoms with Gasteiger partial charge in [0.05, 0.1) is 18.2 Å². The summed E-state index contributed by atoms with van der Waals surface area (Å²) in [5.74, 6) is -1.47. The molecule has 0 bridgehead atoms. The Bertz CT molecular complexity index is 1260. The predicted octanol–water partition coefficient (Wildman–Crippen LogP) is 4.70. The van der Waals surface area contributed by atoms with Gasteiger partial charge in [0, 0.05) is 17.7 Å². The molecule has 2 aliphatic heterocycles. The normalized spacial score (nSPS) is 19.2. The first-order valence-corrected chi connectivity index (χ1v) is 10.3. The number of ether oxygens (including phenoxy) is 1. The van der Waals surface area contributed by atoms with Crippen molar-refractivity contribution in [2.24, 2.45) is 0 Å². The van der Waals surface area contributed by atoms with Gasteiger partial charge in [-0.3, -0.25) is 14.5 Å². The minimum atomic E-state index is -0.886. The first kappa shape index (κ1) is 20.0. The Hall–Kier alpha value is -3.93. The lowest BCUT2D eigenvalue weighted by Crippen LogP contribution is -2.29. The number of carbonyl (C=O) groups is 2. The maximum Gasteiger partial charge on any atom is 0.300 e. The molecule has 2 heterocycles. The summed E-state index contributed by atoms with van der Waals surface area (Å²) in [7, 11) is 0. The SMILES string of the molecule is Cc1ccc(N2C(=O)C(=O)/C(=C(\O)c3ccc4c(c3)CCO4)C2c2ccc(F)cc2)cc1. The van der Waals surface area contributed by atoms with E-state index in [0.717, 1.165) is 16.9 Å². The van der Waals surface area contributed by atoms with E-state index < -0.39 is 23.5 Å². The van der Waals surface area contributed by atoms with Crippen molar-refractivity contribution in [3.63, 3.8) is 0 Å². The minimum Gasteiger partial charge on any atom is -0.507 e. The number of benzene rings is 3. The summed E-state index contributed by atoms with van der Waals surface area (Å²) in [6, 6.07) is 17.1. The number of nitrogens with zero attached hydrogens (tertiary/aromatic N) is 1. The van der Waals surface area contributed by atoms with Crippen LogP contribution in [-0.2, 0) is 16.0 Å². The highest BCUT2D eigenvalue weighted by molar-refractivity contribution is 6.51. The molecule has 0 aliphatic carbocycles. The molecular weight excluding hydrogens is 409 g/mol. The maximum absolute atomic E-state index is 13.6. The number of hydrogen-bond donors (Lipinski definition) is 1. The van der Waals surface area contributed by atoms with Crippen LogP contribution in [0.25, 0.3) is 5.76 Å². The number of aryl methyl sites for hydroxylation is 1. The van der Waals surface area contributed by atoms with Gasteiger partial charge in [0.2, 0.25) is 0 Å². The van der Waals surface area contributed by atoms with Gasteiger partial charge >= 0.3 is 0 Å². The molecule has 2 aliphatic rings. The first-order valence-electron chi connectivity index (χ1n) is 10.3. The van der Waals surface area contributed by atoms with Crippen molar-refractivity contribution in [3.05, 3.63) is 100 Å². The largest absolute Gasteiger partial charge is 0.507 e.